The van der Waals surface area contributed by atoms with E-state index < -0.39 is 0 Å². The highest BCUT2D eigenvalue weighted by molar-refractivity contribution is 14.1. The fourth-order valence-corrected chi connectivity index (χ4v) is 2.62. The van der Waals surface area contributed by atoms with Crippen LogP contribution in [-0.2, 0) is 0 Å². The monoisotopic (exact) mass is 337 g/mol. The third-order valence-electron chi connectivity index (χ3n) is 2.99. The molecule has 1 unspecified atom stereocenters. The van der Waals surface area contributed by atoms with Gasteiger partial charge in [-0.25, -0.2) is 0 Å². The highest BCUT2D eigenvalue weighted by atomic mass is 127. The van der Waals surface area contributed by atoms with Crippen molar-refractivity contribution in [3.8, 4) is 0 Å². The average Bonchev–Trinajstić information content (AvgIpc) is 2.27. The summed E-state index contributed by atoms with van der Waals surface area (Å²) in [5.74, 6) is 0. The van der Waals surface area contributed by atoms with Crippen molar-refractivity contribution in [2.75, 3.05) is 0 Å². The van der Waals surface area contributed by atoms with Gasteiger partial charge in [-0.3, -0.25) is 0 Å². The zero-order valence-electron chi connectivity index (χ0n) is 10.8. The van der Waals surface area contributed by atoms with Gasteiger partial charge in [0.1, 0.15) is 0 Å². The van der Waals surface area contributed by atoms with Gasteiger partial charge in [-0.2, -0.15) is 0 Å². The smallest absolute Gasteiger partial charge is 0.0159 e. The molecular formula is C14H28IN. The molecule has 16 heavy (non-hydrogen) atoms. The summed E-state index contributed by atoms with van der Waals surface area (Å²) in [4.78, 5) is 0. The molecule has 0 heterocycles. The van der Waals surface area contributed by atoms with E-state index in [4.69, 9.17) is 5.41 Å². The lowest BCUT2D eigenvalue weighted by Gasteiger charge is -2.06. The highest BCUT2D eigenvalue weighted by Gasteiger charge is 2.00. The molecule has 2 heteroatoms. The molecule has 0 rings (SSSR count). The zero-order chi connectivity index (χ0) is 12.1. The number of nitrogens with one attached hydrogen (secondary N) is 1. The molecule has 0 fully saturated rings. The van der Waals surface area contributed by atoms with Crippen LogP contribution >= 0.6 is 22.6 Å². The van der Waals surface area contributed by atoms with Gasteiger partial charge in [0.25, 0.3) is 0 Å². The van der Waals surface area contributed by atoms with E-state index in [0.717, 1.165) is 6.42 Å². The van der Waals surface area contributed by atoms with Crippen LogP contribution in [0.4, 0.5) is 0 Å². The van der Waals surface area contributed by atoms with Crippen molar-refractivity contribution in [2.24, 2.45) is 0 Å². The van der Waals surface area contributed by atoms with Crippen LogP contribution in [0.2, 0.25) is 0 Å². The molecule has 0 aromatic rings. The Kier molecular flexibility index (Phi) is 13.8. The maximum absolute atomic E-state index is 7.03. The van der Waals surface area contributed by atoms with Crippen molar-refractivity contribution in [3.63, 3.8) is 0 Å². The lowest BCUT2D eigenvalue weighted by atomic mass is 10.1. The second-order valence-electron chi connectivity index (χ2n) is 4.65. The van der Waals surface area contributed by atoms with E-state index in [0.29, 0.717) is 3.92 Å². The van der Waals surface area contributed by atoms with Crippen LogP contribution in [0, 0.1) is 5.41 Å². The molecule has 0 aromatic heterocycles. The Labute approximate surface area is 115 Å². The van der Waals surface area contributed by atoms with Crippen LogP contribution in [0.3, 0.4) is 0 Å². The predicted octanol–water partition coefficient (Wildman–Crippen LogP) is 5.75. The van der Waals surface area contributed by atoms with E-state index in [-0.39, 0.29) is 0 Å². The molecule has 0 aromatic carbocycles. The summed E-state index contributed by atoms with van der Waals surface area (Å²) in [6, 6.07) is 0. The average molecular weight is 337 g/mol. The molecule has 0 aliphatic carbocycles. The zero-order valence-corrected chi connectivity index (χ0v) is 13.0. The van der Waals surface area contributed by atoms with Crippen molar-refractivity contribution in [1.82, 2.24) is 0 Å². The third-order valence-corrected chi connectivity index (χ3v) is 4.13. The summed E-state index contributed by atoms with van der Waals surface area (Å²) in [5.41, 5.74) is 0. The minimum atomic E-state index is 0.694. The molecule has 0 bridgehead atoms. The maximum Gasteiger partial charge on any atom is 0.0159 e. The van der Waals surface area contributed by atoms with E-state index in [2.05, 4.69) is 29.5 Å². The van der Waals surface area contributed by atoms with Crippen molar-refractivity contribution in [1.29, 1.82) is 5.41 Å². The lowest BCUT2D eigenvalue weighted by Crippen LogP contribution is -1.97. The quantitative estimate of drug-likeness (QED) is 0.203. The Morgan fingerprint density at radius 1 is 0.938 bits per heavy atom. The van der Waals surface area contributed by atoms with Crippen LogP contribution in [0.1, 0.15) is 77.6 Å². The van der Waals surface area contributed by atoms with Crippen LogP contribution in [0.25, 0.3) is 0 Å². The van der Waals surface area contributed by atoms with Crippen LogP contribution in [0.5, 0.6) is 0 Å². The molecule has 96 valence electrons. The molecule has 1 atom stereocenters. The Balaban J connectivity index is 3.00. The number of rotatable bonds is 12. The van der Waals surface area contributed by atoms with E-state index >= 15 is 0 Å². The fourth-order valence-electron chi connectivity index (χ4n) is 1.92. The molecule has 1 nitrogen and oxygen atoms in total. The summed E-state index contributed by atoms with van der Waals surface area (Å²) in [6.45, 7) is 2.27. The van der Waals surface area contributed by atoms with Gasteiger partial charge in [0.05, 0.1) is 0 Å². The summed E-state index contributed by atoms with van der Waals surface area (Å²) in [6.07, 6.45) is 16.5. The molecule has 0 aliphatic heterocycles. The summed E-state index contributed by atoms with van der Waals surface area (Å²) >= 11 is 2.47. The molecule has 0 saturated carbocycles. The van der Waals surface area contributed by atoms with Gasteiger partial charge < -0.3 is 5.41 Å². The molecule has 0 saturated heterocycles. The summed E-state index contributed by atoms with van der Waals surface area (Å²) in [5, 5.41) is 7.03. The molecule has 0 aliphatic rings. The maximum atomic E-state index is 7.03. The van der Waals surface area contributed by atoms with Crippen molar-refractivity contribution < 1.29 is 0 Å². The fraction of sp³-hybridized carbons (Fsp3) is 0.929. The SMILES string of the molecule is CCCCCCCCCCCC(I)CC=N. The van der Waals surface area contributed by atoms with Gasteiger partial charge in [0, 0.05) is 3.92 Å². The van der Waals surface area contributed by atoms with E-state index in [1.807, 2.05) is 0 Å². The summed E-state index contributed by atoms with van der Waals surface area (Å²) < 4.78 is 0.694. The predicted molar refractivity (Wildman–Crippen MR) is 83.1 cm³/mol. The number of halogens is 1. The second-order valence-corrected chi connectivity index (χ2v) is 6.42. The Bertz CT molecular complexity index is 148. The van der Waals surface area contributed by atoms with E-state index in [1.165, 1.54) is 64.2 Å². The number of alkyl halides is 1. The molecule has 1 N–H and O–H groups in total. The Hall–Kier alpha value is 0.400. The van der Waals surface area contributed by atoms with Gasteiger partial charge >= 0.3 is 0 Å². The first-order valence-corrected chi connectivity index (χ1v) is 8.18. The lowest BCUT2D eigenvalue weighted by molar-refractivity contribution is 0.556. The van der Waals surface area contributed by atoms with Crippen molar-refractivity contribution in [2.45, 2.75) is 81.5 Å². The minimum absolute atomic E-state index is 0.694. The molecule has 0 spiro atoms. The number of hydrogen-bond acceptors (Lipinski definition) is 1. The molecule has 0 radical (unpaired) electrons. The minimum Gasteiger partial charge on any atom is -0.313 e. The first kappa shape index (κ1) is 16.4. The third kappa shape index (κ3) is 12.5. The molecule has 0 amide bonds. The second kappa shape index (κ2) is 13.5. The van der Waals surface area contributed by atoms with Gasteiger partial charge in [0.15, 0.2) is 0 Å². The Morgan fingerprint density at radius 3 is 1.94 bits per heavy atom. The topological polar surface area (TPSA) is 23.9 Å². The van der Waals surface area contributed by atoms with Gasteiger partial charge in [-0.15, -0.1) is 0 Å². The first-order valence-electron chi connectivity index (χ1n) is 6.94. The van der Waals surface area contributed by atoms with E-state index in [1.54, 1.807) is 6.21 Å². The van der Waals surface area contributed by atoms with Gasteiger partial charge in [0.2, 0.25) is 0 Å². The molecular weight excluding hydrogens is 309 g/mol. The number of unbranched alkanes of at least 4 members (excludes halogenated alkanes) is 8. The largest absolute Gasteiger partial charge is 0.313 e. The van der Waals surface area contributed by atoms with Crippen molar-refractivity contribution in [3.05, 3.63) is 0 Å². The normalized spacial score (nSPS) is 12.6. The summed E-state index contributed by atoms with van der Waals surface area (Å²) in [7, 11) is 0. The number of hydrogen-bond donors (Lipinski definition) is 1. The van der Waals surface area contributed by atoms with Crippen LogP contribution in [-0.4, -0.2) is 10.1 Å². The van der Waals surface area contributed by atoms with E-state index in [9.17, 15) is 0 Å². The van der Waals surface area contributed by atoms with Crippen LogP contribution in [0.15, 0.2) is 0 Å². The standard InChI is InChI=1S/C14H28IN/c1-2-3-4-5-6-7-8-9-10-11-14(15)12-13-16/h13-14,16H,2-12H2,1H3. The first-order chi connectivity index (χ1) is 7.81. The van der Waals surface area contributed by atoms with Crippen molar-refractivity contribution >= 4 is 28.8 Å². The van der Waals surface area contributed by atoms with Crippen LogP contribution < -0.4 is 0 Å². The van der Waals surface area contributed by atoms with Gasteiger partial charge in [-0.05, 0) is 19.1 Å². The Morgan fingerprint density at radius 2 is 1.44 bits per heavy atom. The highest BCUT2D eigenvalue weighted by Crippen LogP contribution is 2.16. The van der Waals surface area contributed by atoms with Gasteiger partial charge in [-0.1, -0.05) is 87.3 Å².